The molecule has 6 heteroatoms. The monoisotopic (exact) mass is 210 g/mol. The molecule has 0 radical (unpaired) electrons. The Morgan fingerprint density at radius 3 is 2.62 bits per heavy atom. The summed E-state index contributed by atoms with van der Waals surface area (Å²) in [5, 5.41) is 0. The third kappa shape index (κ3) is 9.48. The Kier molecular flexibility index (Phi) is 5.89. The first-order chi connectivity index (χ1) is 5.95. The van der Waals surface area contributed by atoms with Crippen molar-refractivity contribution in [2.24, 2.45) is 0 Å². The molecule has 0 aromatic rings. The van der Waals surface area contributed by atoms with Crippen LogP contribution in [0.4, 0.5) is 0 Å². The normalized spacial score (nSPS) is 14.0. The maximum absolute atomic E-state index is 10.2. The molecule has 0 aliphatic carbocycles. The zero-order valence-electron chi connectivity index (χ0n) is 7.47. The van der Waals surface area contributed by atoms with Gasteiger partial charge in [-0.2, -0.15) is 8.42 Å². The van der Waals surface area contributed by atoms with E-state index in [4.69, 9.17) is 14.0 Å². The maximum atomic E-state index is 10.2. The molecule has 0 aliphatic rings. The van der Waals surface area contributed by atoms with Crippen LogP contribution in [0.5, 0.6) is 0 Å². The van der Waals surface area contributed by atoms with Crippen molar-refractivity contribution < 1.29 is 22.4 Å². The second-order valence-electron chi connectivity index (χ2n) is 2.35. The molecule has 0 aromatic carbocycles. The highest BCUT2D eigenvalue weighted by Gasteiger charge is 2.06. The van der Waals surface area contributed by atoms with Crippen molar-refractivity contribution in [2.45, 2.75) is 13.2 Å². The fourth-order valence-electron chi connectivity index (χ4n) is 0.571. The van der Waals surface area contributed by atoms with Crippen LogP contribution in [0, 0.1) is 0 Å². The van der Waals surface area contributed by atoms with Crippen molar-refractivity contribution in [3.05, 3.63) is 12.7 Å². The van der Waals surface area contributed by atoms with E-state index in [1.165, 1.54) is 0 Å². The van der Waals surface area contributed by atoms with Gasteiger partial charge in [-0.15, -0.1) is 6.58 Å². The zero-order valence-corrected chi connectivity index (χ0v) is 8.29. The Hall–Kier alpha value is -0.430. The second-order valence-corrected chi connectivity index (χ2v) is 3.92. The summed E-state index contributed by atoms with van der Waals surface area (Å²) in [5.74, 6) is -0.422. The van der Waals surface area contributed by atoms with Gasteiger partial charge in [0.1, 0.15) is 0 Å². The average molecular weight is 210 g/mol. The molecule has 0 heterocycles. The lowest BCUT2D eigenvalue weighted by molar-refractivity contribution is -0.118. The van der Waals surface area contributed by atoms with E-state index in [0.29, 0.717) is 6.61 Å². The molecule has 0 aliphatic heterocycles. The highest BCUT2D eigenvalue weighted by molar-refractivity contribution is 7.85. The van der Waals surface area contributed by atoms with Gasteiger partial charge in [0.2, 0.25) is 0 Å². The highest BCUT2D eigenvalue weighted by atomic mass is 32.2. The van der Waals surface area contributed by atoms with Gasteiger partial charge in [-0.3, -0.25) is 4.55 Å². The molecule has 0 bridgehead atoms. The number of hydrogen-bond donors (Lipinski definition) is 1. The predicted octanol–water partition coefficient (Wildman–Crippen LogP) is 0.439. The summed E-state index contributed by atoms with van der Waals surface area (Å²) in [4.78, 5) is 0. The maximum Gasteiger partial charge on any atom is 0.267 e. The van der Waals surface area contributed by atoms with Crippen molar-refractivity contribution >= 4 is 10.1 Å². The fourth-order valence-corrected chi connectivity index (χ4v) is 0.878. The lowest BCUT2D eigenvalue weighted by Gasteiger charge is -2.11. The van der Waals surface area contributed by atoms with Gasteiger partial charge in [-0.1, -0.05) is 6.08 Å². The molecule has 0 saturated heterocycles. The Labute approximate surface area is 78.1 Å². The number of rotatable bonds is 7. The molecule has 0 saturated carbocycles. The van der Waals surface area contributed by atoms with Gasteiger partial charge in [0.15, 0.2) is 6.29 Å². The third-order valence-electron chi connectivity index (χ3n) is 1.14. The topological polar surface area (TPSA) is 72.8 Å². The molecule has 0 rings (SSSR count). The molecule has 13 heavy (non-hydrogen) atoms. The predicted molar refractivity (Wildman–Crippen MR) is 48.0 cm³/mol. The van der Waals surface area contributed by atoms with Crippen LogP contribution in [-0.2, 0) is 19.6 Å². The summed E-state index contributed by atoms with van der Waals surface area (Å²) in [7, 11) is -3.94. The van der Waals surface area contributed by atoms with E-state index < -0.39 is 22.2 Å². The van der Waals surface area contributed by atoms with E-state index in [9.17, 15) is 8.42 Å². The summed E-state index contributed by atoms with van der Waals surface area (Å²) in [6.07, 6.45) is 1.06. The van der Waals surface area contributed by atoms with Gasteiger partial charge in [-0.05, 0) is 6.92 Å². The highest BCUT2D eigenvalue weighted by Crippen LogP contribution is 1.94. The van der Waals surface area contributed by atoms with Gasteiger partial charge >= 0.3 is 0 Å². The molecule has 1 atom stereocenters. The Morgan fingerprint density at radius 1 is 1.54 bits per heavy atom. The fraction of sp³-hybridized carbons (Fsp3) is 0.714. The molecule has 5 nitrogen and oxygen atoms in total. The summed E-state index contributed by atoms with van der Waals surface area (Å²) < 4.78 is 38.7. The van der Waals surface area contributed by atoms with E-state index in [2.05, 4.69) is 6.58 Å². The van der Waals surface area contributed by atoms with Crippen LogP contribution in [0.1, 0.15) is 6.92 Å². The molecule has 0 aromatic heterocycles. The van der Waals surface area contributed by atoms with E-state index in [0.717, 1.165) is 0 Å². The average Bonchev–Trinajstić information content (AvgIpc) is 1.98. The summed E-state index contributed by atoms with van der Waals surface area (Å²) in [6, 6.07) is 0. The van der Waals surface area contributed by atoms with Crippen LogP contribution in [-0.4, -0.2) is 38.2 Å². The lowest BCUT2D eigenvalue weighted by atomic mass is 10.6. The summed E-state index contributed by atoms with van der Waals surface area (Å²) in [6.45, 7) is 5.32. The van der Waals surface area contributed by atoms with Crippen LogP contribution < -0.4 is 0 Å². The third-order valence-corrected chi connectivity index (χ3v) is 1.83. The first-order valence-corrected chi connectivity index (χ1v) is 5.36. The van der Waals surface area contributed by atoms with Crippen LogP contribution >= 0.6 is 0 Å². The molecular weight excluding hydrogens is 196 g/mol. The lowest BCUT2D eigenvalue weighted by Crippen LogP contribution is -2.18. The van der Waals surface area contributed by atoms with Crippen molar-refractivity contribution in [1.82, 2.24) is 0 Å². The van der Waals surface area contributed by atoms with Crippen LogP contribution in [0.25, 0.3) is 0 Å². The van der Waals surface area contributed by atoms with Gasteiger partial charge in [0.05, 0.1) is 19.0 Å². The minimum absolute atomic E-state index is 0.0862. The quantitative estimate of drug-likeness (QED) is 0.375. The standard InChI is InChI=1S/C7H14O5S/c1-3-4-11-7(2)12-5-6-13(8,9)10/h3,7H,1,4-6H2,2H3,(H,8,9,10). The molecule has 1 N–H and O–H groups in total. The Balaban J connectivity index is 3.47. The summed E-state index contributed by atoms with van der Waals surface area (Å²) >= 11 is 0. The van der Waals surface area contributed by atoms with Gasteiger partial charge in [0.25, 0.3) is 10.1 Å². The van der Waals surface area contributed by atoms with Crippen LogP contribution in [0.15, 0.2) is 12.7 Å². The minimum Gasteiger partial charge on any atom is -0.352 e. The number of hydrogen-bond acceptors (Lipinski definition) is 4. The van der Waals surface area contributed by atoms with Crippen molar-refractivity contribution in [3.8, 4) is 0 Å². The van der Waals surface area contributed by atoms with E-state index >= 15 is 0 Å². The van der Waals surface area contributed by atoms with Crippen molar-refractivity contribution in [1.29, 1.82) is 0 Å². The van der Waals surface area contributed by atoms with E-state index in [1.54, 1.807) is 13.0 Å². The van der Waals surface area contributed by atoms with Crippen LogP contribution in [0.2, 0.25) is 0 Å². The largest absolute Gasteiger partial charge is 0.352 e. The molecule has 0 spiro atoms. The van der Waals surface area contributed by atoms with Crippen molar-refractivity contribution in [3.63, 3.8) is 0 Å². The Bertz CT molecular complexity index is 233. The van der Waals surface area contributed by atoms with E-state index in [1.807, 2.05) is 0 Å². The van der Waals surface area contributed by atoms with Gasteiger partial charge in [0, 0.05) is 0 Å². The van der Waals surface area contributed by atoms with E-state index in [-0.39, 0.29) is 6.61 Å². The first kappa shape index (κ1) is 12.6. The second kappa shape index (κ2) is 6.09. The summed E-state index contributed by atoms with van der Waals surface area (Å²) in [5.41, 5.74) is 0. The van der Waals surface area contributed by atoms with Gasteiger partial charge in [-0.25, -0.2) is 0 Å². The zero-order chi connectivity index (χ0) is 10.3. The molecule has 0 amide bonds. The SMILES string of the molecule is C=CCOC(C)OCCS(=O)(=O)O. The van der Waals surface area contributed by atoms with Crippen molar-refractivity contribution in [2.75, 3.05) is 19.0 Å². The Morgan fingerprint density at radius 2 is 2.15 bits per heavy atom. The molecule has 0 fully saturated rings. The van der Waals surface area contributed by atoms with Gasteiger partial charge < -0.3 is 9.47 Å². The molecule has 1 unspecified atom stereocenters. The molecule has 78 valence electrons. The minimum atomic E-state index is -3.94. The number of ether oxygens (including phenoxy) is 2. The van der Waals surface area contributed by atoms with Crippen LogP contribution in [0.3, 0.4) is 0 Å². The molecular formula is C7H14O5S. The smallest absolute Gasteiger partial charge is 0.267 e. The first-order valence-electron chi connectivity index (χ1n) is 3.75.